The molecule has 0 bridgehead atoms. The molecular formula is C14H14BrN. The molecule has 0 aliphatic heterocycles. The molecule has 0 amide bonds. The summed E-state index contributed by atoms with van der Waals surface area (Å²) in [6, 6.07) is 18.5. The molecule has 2 aromatic rings. The van der Waals surface area contributed by atoms with Crippen molar-refractivity contribution in [3.63, 3.8) is 0 Å². The summed E-state index contributed by atoms with van der Waals surface area (Å²) in [5.74, 6) is 0. The number of benzene rings is 2. The number of rotatable bonds is 3. The Morgan fingerprint density at radius 1 is 1.00 bits per heavy atom. The molecule has 0 aliphatic rings. The fourth-order valence-corrected chi connectivity index (χ4v) is 2.18. The van der Waals surface area contributed by atoms with Crippen molar-refractivity contribution in [2.45, 2.75) is 12.5 Å². The lowest BCUT2D eigenvalue weighted by Gasteiger charge is -2.12. The van der Waals surface area contributed by atoms with E-state index in [1.54, 1.807) is 0 Å². The minimum Gasteiger partial charge on any atom is -0.324 e. The molecule has 82 valence electrons. The van der Waals surface area contributed by atoms with E-state index in [2.05, 4.69) is 40.2 Å². The second-order valence-electron chi connectivity index (χ2n) is 3.85. The highest BCUT2D eigenvalue weighted by molar-refractivity contribution is 9.10. The fourth-order valence-electron chi connectivity index (χ4n) is 1.74. The molecule has 2 rings (SSSR count). The van der Waals surface area contributed by atoms with Crippen LogP contribution in [-0.4, -0.2) is 0 Å². The van der Waals surface area contributed by atoms with Gasteiger partial charge >= 0.3 is 0 Å². The highest BCUT2D eigenvalue weighted by Crippen LogP contribution is 2.18. The lowest BCUT2D eigenvalue weighted by Crippen LogP contribution is -2.13. The Labute approximate surface area is 104 Å². The van der Waals surface area contributed by atoms with Crippen molar-refractivity contribution in [3.05, 3.63) is 70.2 Å². The molecule has 0 heterocycles. The largest absolute Gasteiger partial charge is 0.324 e. The summed E-state index contributed by atoms with van der Waals surface area (Å²) in [5.41, 5.74) is 8.60. The average molecular weight is 276 g/mol. The molecule has 0 radical (unpaired) electrons. The first-order valence-corrected chi connectivity index (χ1v) is 6.10. The summed E-state index contributed by atoms with van der Waals surface area (Å²) in [6.07, 6.45) is 0.865. The molecule has 0 saturated heterocycles. The van der Waals surface area contributed by atoms with E-state index < -0.39 is 0 Å². The first-order chi connectivity index (χ1) is 7.75. The van der Waals surface area contributed by atoms with Crippen LogP contribution in [-0.2, 0) is 6.42 Å². The van der Waals surface area contributed by atoms with Gasteiger partial charge < -0.3 is 5.73 Å². The second-order valence-corrected chi connectivity index (χ2v) is 4.77. The first-order valence-electron chi connectivity index (χ1n) is 5.30. The van der Waals surface area contributed by atoms with Gasteiger partial charge in [-0.25, -0.2) is 0 Å². The van der Waals surface area contributed by atoms with Gasteiger partial charge in [0.1, 0.15) is 0 Å². The Bertz CT molecular complexity index is 453. The van der Waals surface area contributed by atoms with Crippen LogP contribution in [0.2, 0.25) is 0 Å². The predicted molar refractivity (Wildman–Crippen MR) is 71.2 cm³/mol. The van der Waals surface area contributed by atoms with Crippen LogP contribution in [0.25, 0.3) is 0 Å². The van der Waals surface area contributed by atoms with Crippen molar-refractivity contribution in [2.75, 3.05) is 0 Å². The number of hydrogen-bond donors (Lipinski definition) is 1. The molecule has 1 unspecified atom stereocenters. The molecular weight excluding hydrogens is 262 g/mol. The van der Waals surface area contributed by atoms with E-state index in [4.69, 9.17) is 5.73 Å². The van der Waals surface area contributed by atoms with Crippen molar-refractivity contribution in [1.29, 1.82) is 0 Å². The highest BCUT2D eigenvalue weighted by Gasteiger charge is 2.06. The Morgan fingerprint density at radius 2 is 1.75 bits per heavy atom. The maximum Gasteiger partial charge on any atom is 0.0335 e. The van der Waals surface area contributed by atoms with Gasteiger partial charge in [-0.3, -0.25) is 0 Å². The van der Waals surface area contributed by atoms with Gasteiger partial charge in [0.25, 0.3) is 0 Å². The van der Waals surface area contributed by atoms with Crippen molar-refractivity contribution in [2.24, 2.45) is 5.73 Å². The van der Waals surface area contributed by atoms with Crippen LogP contribution in [0.15, 0.2) is 59.1 Å². The van der Waals surface area contributed by atoms with E-state index in [0.717, 1.165) is 10.9 Å². The van der Waals surface area contributed by atoms with Gasteiger partial charge in [-0.15, -0.1) is 0 Å². The van der Waals surface area contributed by atoms with Crippen molar-refractivity contribution in [3.8, 4) is 0 Å². The molecule has 0 fully saturated rings. The standard InChI is InChI=1S/C14H14BrN/c15-13-8-4-5-11(9-13)10-14(16)12-6-2-1-3-7-12/h1-9,14H,10,16H2. The lowest BCUT2D eigenvalue weighted by molar-refractivity contribution is 0.722. The number of nitrogens with two attached hydrogens (primary N) is 1. The molecule has 2 N–H and O–H groups in total. The summed E-state index contributed by atoms with van der Waals surface area (Å²) in [6.45, 7) is 0. The molecule has 0 spiro atoms. The summed E-state index contributed by atoms with van der Waals surface area (Å²) in [7, 11) is 0. The SMILES string of the molecule is NC(Cc1cccc(Br)c1)c1ccccc1. The van der Waals surface area contributed by atoms with E-state index in [-0.39, 0.29) is 6.04 Å². The van der Waals surface area contributed by atoms with Crippen LogP contribution < -0.4 is 5.73 Å². The van der Waals surface area contributed by atoms with E-state index in [0.29, 0.717) is 0 Å². The molecule has 1 atom stereocenters. The van der Waals surface area contributed by atoms with Gasteiger partial charge in [-0.2, -0.15) is 0 Å². The quantitative estimate of drug-likeness (QED) is 0.909. The fraction of sp³-hybridized carbons (Fsp3) is 0.143. The topological polar surface area (TPSA) is 26.0 Å². The normalized spacial score (nSPS) is 12.4. The summed E-state index contributed by atoms with van der Waals surface area (Å²) in [5, 5.41) is 0. The Morgan fingerprint density at radius 3 is 2.44 bits per heavy atom. The molecule has 0 saturated carbocycles. The van der Waals surface area contributed by atoms with Gasteiger partial charge in [-0.05, 0) is 29.7 Å². The molecule has 0 aliphatic carbocycles. The minimum atomic E-state index is 0.0653. The van der Waals surface area contributed by atoms with Crippen molar-refractivity contribution < 1.29 is 0 Å². The van der Waals surface area contributed by atoms with Gasteiger partial charge in [-0.1, -0.05) is 58.4 Å². The molecule has 1 nitrogen and oxygen atoms in total. The number of hydrogen-bond acceptors (Lipinski definition) is 1. The second kappa shape index (κ2) is 5.28. The third kappa shape index (κ3) is 2.94. The van der Waals surface area contributed by atoms with E-state index in [1.165, 1.54) is 11.1 Å². The van der Waals surface area contributed by atoms with Gasteiger partial charge in [0.2, 0.25) is 0 Å². The van der Waals surface area contributed by atoms with E-state index in [9.17, 15) is 0 Å². The van der Waals surface area contributed by atoms with Crippen LogP contribution in [0.4, 0.5) is 0 Å². The Kier molecular flexibility index (Phi) is 3.75. The van der Waals surface area contributed by atoms with Crippen molar-refractivity contribution >= 4 is 15.9 Å². The van der Waals surface area contributed by atoms with Gasteiger partial charge in [0, 0.05) is 10.5 Å². The zero-order valence-electron chi connectivity index (χ0n) is 8.94. The summed E-state index contributed by atoms with van der Waals surface area (Å²) >= 11 is 3.47. The zero-order chi connectivity index (χ0) is 11.4. The maximum absolute atomic E-state index is 6.16. The average Bonchev–Trinajstić information content (AvgIpc) is 2.30. The van der Waals surface area contributed by atoms with Crippen LogP contribution in [0, 0.1) is 0 Å². The van der Waals surface area contributed by atoms with Crippen LogP contribution in [0.3, 0.4) is 0 Å². The molecule has 2 heteroatoms. The van der Waals surface area contributed by atoms with Crippen LogP contribution >= 0.6 is 15.9 Å². The highest BCUT2D eigenvalue weighted by atomic mass is 79.9. The monoisotopic (exact) mass is 275 g/mol. The van der Waals surface area contributed by atoms with E-state index >= 15 is 0 Å². The molecule has 2 aromatic carbocycles. The third-order valence-corrected chi connectivity index (χ3v) is 3.07. The van der Waals surface area contributed by atoms with Gasteiger partial charge in [0.05, 0.1) is 0 Å². The molecule has 0 aromatic heterocycles. The van der Waals surface area contributed by atoms with Crippen molar-refractivity contribution in [1.82, 2.24) is 0 Å². The smallest absolute Gasteiger partial charge is 0.0335 e. The Balaban J connectivity index is 2.11. The zero-order valence-corrected chi connectivity index (χ0v) is 10.5. The first kappa shape index (κ1) is 11.4. The predicted octanol–water partition coefficient (Wildman–Crippen LogP) is 3.69. The molecule has 16 heavy (non-hydrogen) atoms. The minimum absolute atomic E-state index is 0.0653. The summed E-state index contributed by atoms with van der Waals surface area (Å²) < 4.78 is 1.10. The third-order valence-electron chi connectivity index (χ3n) is 2.57. The summed E-state index contributed by atoms with van der Waals surface area (Å²) in [4.78, 5) is 0. The number of halogens is 1. The maximum atomic E-state index is 6.16. The van der Waals surface area contributed by atoms with E-state index in [1.807, 2.05) is 30.3 Å². The van der Waals surface area contributed by atoms with Crippen LogP contribution in [0.5, 0.6) is 0 Å². The van der Waals surface area contributed by atoms with Crippen LogP contribution in [0.1, 0.15) is 17.2 Å². The Hall–Kier alpha value is -1.12. The lowest BCUT2D eigenvalue weighted by atomic mass is 10.00. The van der Waals surface area contributed by atoms with Gasteiger partial charge in [0.15, 0.2) is 0 Å².